The Hall–Kier alpha value is -2.93. The number of hydrogen-bond donors (Lipinski definition) is 0. The zero-order chi connectivity index (χ0) is 15.1. The lowest BCUT2D eigenvalue weighted by Crippen LogP contribution is -2.06. The van der Waals surface area contributed by atoms with Crippen LogP contribution in [0, 0.1) is 11.3 Å². The molecule has 0 radical (unpaired) electrons. The fraction of sp³-hybridized carbons (Fsp3) is 0.118. The van der Waals surface area contributed by atoms with Crippen molar-refractivity contribution in [3.8, 4) is 6.07 Å². The molecule has 0 spiro atoms. The van der Waals surface area contributed by atoms with E-state index in [9.17, 15) is 4.79 Å². The molecule has 0 bridgehead atoms. The summed E-state index contributed by atoms with van der Waals surface area (Å²) >= 11 is 0. The number of ether oxygens (including phenoxy) is 1. The molecular weight excluding hydrogens is 264 g/mol. The molecule has 2 rings (SSSR count). The lowest BCUT2D eigenvalue weighted by atomic mass is 10.0. The first kappa shape index (κ1) is 14.5. The Labute approximate surface area is 123 Å². The monoisotopic (exact) mass is 278 g/mol. The number of carbonyl (C=O) groups is 1. The average molecular weight is 278 g/mol. The van der Waals surface area contributed by atoms with Gasteiger partial charge in [0.2, 0.25) is 0 Å². The van der Waals surface area contributed by atoms with E-state index in [1.165, 1.54) is 0 Å². The summed E-state index contributed by atoms with van der Waals surface area (Å²) in [4.78, 5) is 16.1. The molecule has 0 unspecified atom stereocenters. The standard InChI is InChI=1S/C17H14N2O2/c1-2-21-17(20)16(15-6-8-19-9-7-15)11-13-4-3-5-14(10-13)12-18/h3-11H,2H2,1H3/b16-11+. The zero-order valence-corrected chi connectivity index (χ0v) is 11.6. The van der Waals surface area contributed by atoms with E-state index < -0.39 is 5.97 Å². The van der Waals surface area contributed by atoms with Crippen LogP contribution < -0.4 is 0 Å². The van der Waals surface area contributed by atoms with Crippen molar-refractivity contribution in [1.82, 2.24) is 4.98 Å². The van der Waals surface area contributed by atoms with Crippen molar-refractivity contribution in [2.45, 2.75) is 6.92 Å². The van der Waals surface area contributed by atoms with Gasteiger partial charge in [-0.05, 0) is 48.4 Å². The fourth-order valence-corrected chi connectivity index (χ4v) is 1.87. The van der Waals surface area contributed by atoms with Gasteiger partial charge >= 0.3 is 5.97 Å². The number of benzene rings is 1. The van der Waals surface area contributed by atoms with E-state index in [0.29, 0.717) is 17.7 Å². The molecule has 0 saturated heterocycles. The van der Waals surface area contributed by atoms with Gasteiger partial charge in [-0.1, -0.05) is 12.1 Å². The van der Waals surface area contributed by atoms with Crippen molar-refractivity contribution >= 4 is 17.6 Å². The first-order chi connectivity index (χ1) is 10.2. The Morgan fingerprint density at radius 1 is 1.33 bits per heavy atom. The third-order valence-corrected chi connectivity index (χ3v) is 2.81. The van der Waals surface area contributed by atoms with Gasteiger partial charge in [0, 0.05) is 12.4 Å². The molecule has 0 aliphatic rings. The molecule has 1 heterocycles. The zero-order valence-electron chi connectivity index (χ0n) is 11.6. The molecule has 4 nitrogen and oxygen atoms in total. The topological polar surface area (TPSA) is 63.0 Å². The molecule has 1 aromatic carbocycles. The van der Waals surface area contributed by atoms with Gasteiger partial charge in [-0.2, -0.15) is 5.26 Å². The summed E-state index contributed by atoms with van der Waals surface area (Å²) in [7, 11) is 0. The molecule has 2 aromatic rings. The second-order valence-electron chi connectivity index (χ2n) is 4.25. The SMILES string of the molecule is CCOC(=O)/C(=C/c1cccc(C#N)c1)c1ccncc1. The molecule has 0 atom stereocenters. The van der Waals surface area contributed by atoms with Crippen molar-refractivity contribution in [3.63, 3.8) is 0 Å². The Morgan fingerprint density at radius 3 is 2.76 bits per heavy atom. The molecule has 1 aromatic heterocycles. The van der Waals surface area contributed by atoms with Gasteiger partial charge in [0.25, 0.3) is 0 Å². The number of nitrogens with zero attached hydrogens (tertiary/aromatic N) is 2. The van der Waals surface area contributed by atoms with Crippen molar-refractivity contribution in [3.05, 3.63) is 65.5 Å². The van der Waals surface area contributed by atoms with Gasteiger partial charge in [0.05, 0.1) is 23.8 Å². The highest BCUT2D eigenvalue weighted by molar-refractivity contribution is 6.21. The molecule has 0 aliphatic carbocycles. The number of nitriles is 1. The smallest absolute Gasteiger partial charge is 0.338 e. The first-order valence-electron chi connectivity index (χ1n) is 6.54. The van der Waals surface area contributed by atoms with Crippen molar-refractivity contribution in [1.29, 1.82) is 5.26 Å². The van der Waals surface area contributed by atoms with Crippen molar-refractivity contribution in [2.24, 2.45) is 0 Å². The molecule has 0 fully saturated rings. The highest BCUT2D eigenvalue weighted by Gasteiger charge is 2.13. The van der Waals surface area contributed by atoms with Gasteiger partial charge in [-0.3, -0.25) is 4.98 Å². The molecule has 104 valence electrons. The van der Waals surface area contributed by atoms with Crippen LogP contribution in [0.4, 0.5) is 0 Å². The average Bonchev–Trinajstić information content (AvgIpc) is 2.54. The van der Waals surface area contributed by atoms with Crippen LogP contribution in [0.25, 0.3) is 11.6 Å². The summed E-state index contributed by atoms with van der Waals surface area (Å²) in [5.41, 5.74) is 2.48. The Morgan fingerprint density at radius 2 is 2.10 bits per heavy atom. The van der Waals surface area contributed by atoms with E-state index in [1.54, 1.807) is 55.7 Å². The minimum atomic E-state index is -0.397. The molecule has 0 saturated carbocycles. The molecule has 0 amide bonds. The second kappa shape index (κ2) is 7.01. The third-order valence-electron chi connectivity index (χ3n) is 2.81. The van der Waals surface area contributed by atoms with E-state index in [1.807, 2.05) is 6.07 Å². The maximum atomic E-state index is 12.1. The minimum absolute atomic E-state index is 0.305. The quantitative estimate of drug-likeness (QED) is 0.637. The molecule has 21 heavy (non-hydrogen) atoms. The second-order valence-corrected chi connectivity index (χ2v) is 4.25. The van der Waals surface area contributed by atoms with Crippen LogP contribution in [0.1, 0.15) is 23.6 Å². The normalized spacial score (nSPS) is 10.8. The predicted molar refractivity (Wildman–Crippen MR) is 79.9 cm³/mol. The van der Waals surface area contributed by atoms with Crippen molar-refractivity contribution < 1.29 is 9.53 Å². The number of rotatable bonds is 4. The number of pyridine rings is 1. The lowest BCUT2D eigenvalue weighted by Gasteiger charge is -2.07. The molecule has 0 aliphatic heterocycles. The highest BCUT2D eigenvalue weighted by Crippen LogP contribution is 2.20. The van der Waals surface area contributed by atoms with Crippen LogP contribution in [0.15, 0.2) is 48.8 Å². The summed E-state index contributed by atoms with van der Waals surface area (Å²) in [6.07, 6.45) is 4.95. The van der Waals surface area contributed by atoms with E-state index in [-0.39, 0.29) is 0 Å². The van der Waals surface area contributed by atoms with Gasteiger partial charge in [-0.25, -0.2) is 4.79 Å². The summed E-state index contributed by atoms with van der Waals surface area (Å²) < 4.78 is 5.09. The van der Waals surface area contributed by atoms with Crippen LogP contribution in [-0.2, 0) is 9.53 Å². The maximum Gasteiger partial charge on any atom is 0.338 e. The third kappa shape index (κ3) is 3.77. The fourth-order valence-electron chi connectivity index (χ4n) is 1.87. The Kier molecular flexibility index (Phi) is 4.84. The van der Waals surface area contributed by atoms with E-state index in [4.69, 9.17) is 10.00 Å². The Bertz CT molecular complexity index is 700. The summed E-state index contributed by atoms with van der Waals surface area (Å²) in [6.45, 7) is 2.07. The van der Waals surface area contributed by atoms with Crippen LogP contribution >= 0.6 is 0 Å². The van der Waals surface area contributed by atoms with Crippen LogP contribution in [0.5, 0.6) is 0 Å². The van der Waals surface area contributed by atoms with Gasteiger partial charge in [0.15, 0.2) is 0 Å². The van der Waals surface area contributed by atoms with Gasteiger partial charge in [-0.15, -0.1) is 0 Å². The number of aromatic nitrogens is 1. The highest BCUT2D eigenvalue weighted by atomic mass is 16.5. The van der Waals surface area contributed by atoms with E-state index in [2.05, 4.69) is 11.1 Å². The van der Waals surface area contributed by atoms with Crippen LogP contribution in [0.2, 0.25) is 0 Å². The van der Waals surface area contributed by atoms with Crippen LogP contribution in [0.3, 0.4) is 0 Å². The maximum absolute atomic E-state index is 12.1. The predicted octanol–water partition coefficient (Wildman–Crippen LogP) is 3.06. The number of esters is 1. The van der Waals surface area contributed by atoms with Crippen molar-refractivity contribution in [2.75, 3.05) is 6.61 Å². The number of carbonyl (C=O) groups excluding carboxylic acids is 1. The number of hydrogen-bond acceptors (Lipinski definition) is 4. The largest absolute Gasteiger partial charge is 0.462 e. The van der Waals surface area contributed by atoms with Gasteiger partial charge < -0.3 is 4.74 Å². The summed E-state index contributed by atoms with van der Waals surface area (Å²) in [5.74, 6) is -0.397. The Balaban J connectivity index is 2.46. The van der Waals surface area contributed by atoms with E-state index >= 15 is 0 Å². The lowest BCUT2D eigenvalue weighted by molar-refractivity contribution is -0.136. The first-order valence-corrected chi connectivity index (χ1v) is 6.54. The summed E-state index contributed by atoms with van der Waals surface area (Å²) in [6, 6.07) is 12.6. The van der Waals surface area contributed by atoms with E-state index in [0.717, 1.165) is 11.1 Å². The molecule has 0 N–H and O–H groups in total. The summed E-state index contributed by atoms with van der Waals surface area (Å²) in [5, 5.41) is 8.94. The van der Waals surface area contributed by atoms with Gasteiger partial charge in [0.1, 0.15) is 0 Å². The van der Waals surface area contributed by atoms with Crippen LogP contribution in [-0.4, -0.2) is 17.6 Å². The molecule has 4 heteroatoms. The minimum Gasteiger partial charge on any atom is -0.462 e. The molecular formula is C17H14N2O2.